The molecular weight excluding hydrogens is 384 g/mol. The standard InChI is InChI=1S/C20H17ClN2O5/c1-12(13-6-8-14(21)9-7-13)22-17(24)11-28-18(25)10-23-19(26)15-4-2-3-5-16(15)20(23)27/h2-9,12H,10-11H2,1H3,(H,22,24)/t12-/m1/s1. The smallest absolute Gasteiger partial charge is 0.326 e. The SMILES string of the molecule is C[C@@H](NC(=O)COC(=O)CN1C(=O)c2ccccc2C1=O)c1ccc(Cl)cc1. The van der Waals surface area contributed by atoms with Gasteiger partial charge in [-0.15, -0.1) is 0 Å². The van der Waals surface area contributed by atoms with Crippen LogP contribution in [0.2, 0.25) is 5.02 Å². The van der Waals surface area contributed by atoms with Crippen LogP contribution in [0.4, 0.5) is 0 Å². The fourth-order valence-corrected chi connectivity index (χ4v) is 2.95. The summed E-state index contributed by atoms with van der Waals surface area (Å²) in [6, 6.07) is 13.0. The lowest BCUT2D eigenvalue weighted by molar-refractivity contribution is -0.148. The summed E-state index contributed by atoms with van der Waals surface area (Å²) in [5.74, 6) is -2.46. The number of carbonyl (C=O) groups excluding carboxylic acids is 4. The maximum absolute atomic E-state index is 12.2. The van der Waals surface area contributed by atoms with Crippen LogP contribution < -0.4 is 5.32 Å². The summed E-state index contributed by atoms with van der Waals surface area (Å²) in [6.07, 6.45) is 0. The van der Waals surface area contributed by atoms with Crippen LogP contribution in [0.15, 0.2) is 48.5 Å². The molecule has 1 heterocycles. The third-order valence-electron chi connectivity index (χ3n) is 4.28. The van der Waals surface area contributed by atoms with E-state index in [-0.39, 0.29) is 17.2 Å². The summed E-state index contributed by atoms with van der Waals surface area (Å²) >= 11 is 5.83. The number of imide groups is 1. The first-order chi connectivity index (χ1) is 13.4. The van der Waals surface area contributed by atoms with E-state index in [4.69, 9.17) is 16.3 Å². The normalized spacial score (nSPS) is 13.9. The van der Waals surface area contributed by atoms with Gasteiger partial charge in [-0.2, -0.15) is 0 Å². The summed E-state index contributed by atoms with van der Waals surface area (Å²) in [6.45, 7) is 0.716. The maximum atomic E-state index is 12.2. The molecule has 8 heteroatoms. The zero-order valence-electron chi connectivity index (χ0n) is 15.0. The molecule has 7 nitrogen and oxygen atoms in total. The van der Waals surface area contributed by atoms with Crippen LogP contribution in [-0.4, -0.2) is 41.7 Å². The van der Waals surface area contributed by atoms with Crippen LogP contribution in [0.25, 0.3) is 0 Å². The highest BCUT2D eigenvalue weighted by molar-refractivity contribution is 6.30. The van der Waals surface area contributed by atoms with Crippen molar-refractivity contribution in [3.05, 3.63) is 70.2 Å². The van der Waals surface area contributed by atoms with Crippen LogP contribution in [0.5, 0.6) is 0 Å². The second-order valence-electron chi connectivity index (χ2n) is 6.24. The topological polar surface area (TPSA) is 92.8 Å². The van der Waals surface area contributed by atoms with E-state index in [0.29, 0.717) is 5.02 Å². The van der Waals surface area contributed by atoms with Gasteiger partial charge in [-0.3, -0.25) is 24.1 Å². The zero-order chi connectivity index (χ0) is 20.3. The number of benzene rings is 2. The summed E-state index contributed by atoms with van der Waals surface area (Å²) in [5.41, 5.74) is 1.33. The molecule has 0 fully saturated rings. The van der Waals surface area contributed by atoms with Gasteiger partial charge in [-0.1, -0.05) is 35.9 Å². The molecule has 0 radical (unpaired) electrons. The highest BCUT2D eigenvalue weighted by Crippen LogP contribution is 2.22. The van der Waals surface area contributed by atoms with Crippen LogP contribution in [0, 0.1) is 0 Å². The predicted molar refractivity (Wildman–Crippen MR) is 101 cm³/mol. The number of nitrogens with one attached hydrogen (secondary N) is 1. The van der Waals surface area contributed by atoms with Gasteiger partial charge in [-0.05, 0) is 36.8 Å². The van der Waals surface area contributed by atoms with E-state index >= 15 is 0 Å². The molecule has 1 aliphatic heterocycles. The van der Waals surface area contributed by atoms with E-state index in [1.54, 1.807) is 43.3 Å². The van der Waals surface area contributed by atoms with Crippen molar-refractivity contribution in [2.45, 2.75) is 13.0 Å². The van der Waals surface area contributed by atoms with Crippen LogP contribution in [0.1, 0.15) is 39.2 Å². The van der Waals surface area contributed by atoms with E-state index in [1.807, 2.05) is 0 Å². The molecule has 2 aromatic rings. The van der Waals surface area contributed by atoms with E-state index < -0.39 is 36.8 Å². The number of carbonyl (C=O) groups is 4. The van der Waals surface area contributed by atoms with Gasteiger partial charge in [0.15, 0.2) is 6.61 Å². The van der Waals surface area contributed by atoms with Crippen molar-refractivity contribution >= 4 is 35.3 Å². The quantitative estimate of drug-likeness (QED) is 0.593. The third kappa shape index (κ3) is 4.20. The largest absolute Gasteiger partial charge is 0.454 e. The Kier molecular flexibility index (Phi) is 5.75. The Morgan fingerprint density at radius 2 is 1.61 bits per heavy atom. The second kappa shape index (κ2) is 8.22. The molecule has 3 amide bonds. The molecule has 1 atom stereocenters. The Balaban J connectivity index is 1.49. The van der Waals surface area contributed by atoms with Gasteiger partial charge >= 0.3 is 5.97 Å². The molecule has 0 aliphatic carbocycles. The van der Waals surface area contributed by atoms with Gasteiger partial charge in [-0.25, -0.2) is 0 Å². The molecule has 0 unspecified atom stereocenters. The molecule has 2 aromatic carbocycles. The van der Waals surface area contributed by atoms with Crippen LogP contribution in [-0.2, 0) is 14.3 Å². The molecule has 1 N–H and O–H groups in total. The molecule has 28 heavy (non-hydrogen) atoms. The Bertz CT molecular complexity index is 907. The van der Waals surface area contributed by atoms with Crippen molar-refractivity contribution in [1.82, 2.24) is 10.2 Å². The van der Waals surface area contributed by atoms with Gasteiger partial charge in [0, 0.05) is 5.02 Å². The fraction of sp³-hybridized carbons (Fsp3) is 0.200. The van der Waals surface area contributed by atoms with Crippen molar-refractivity contribution in [3.8, 4) is 0 Å². The monoisotopic (exact) mass is 400 g/mol. The first-order valence-corrected chi connectivity index (χ1v) is 8.90. The average Bonchev–Trinajstić information content (AvgIpc) is 2.92. The lowest BCUT2D eigenvalue weighted by Gasteiger charge is -2.15. The van der Waals surface area contributed by atoms with Crippen molar-refractivity contribution in [2.24, 2.45) is 0 Å². The summed E-state index contributed by atoms with van der Waals surface area (Å²) in [5, 5.41) is 3.28. The minimum absolute atomic E-state index is 0.245. The van der Waals surface area contributed by atoms with E-state index in [1.165, 1.54) is 12.1 Å². The van der Waals surface area contributed by atoms with Crippen molar-refractivity contribution in [2.75, 3.05) is 13.2 Å². The van der Waals surface area contributed by atoms with Gasteiger partial charge in [0.25, 0.3) is 17.7 Å². The Morgan fingerprint density at radius 1 is 1.04 bits per heavy atom. The molecular formula is C20H17ClN2O5. The highest BCUT2D eigenvalue weighted by Gasteiger charge is 2.36. The molecule has 0 aromatic heterocycles. The van der Waals surface area contributed by atoms with Gasteiger partial charge in [0.2, 0.25) is 0 Å². The van der Waals surface area contributed by atoms with Crippen molar-refractivity contribution < 1.29 is 23.9 Å². The molecule has 0 spiro atoms. The Hall–Kier alpha value is -3.19. The number of ether oxygens (including phenoxy) is 1. The maximum Gasteiger partial charge on any atom is 0.326 e. The predicted octanol–water partition coefficient (Wildman–Crippen LogP) is 2.36. The number of rotatable bonds is 6. The number of hydrogen-bond acceptors (Lipinski definition) is 5. The minimum atomic E-state index is -0.844. The first kappa shape index (κ1) is 19.6. The summed E-state index contributed by atoms with van der Waals surface area (Å²) in [7, 11) is 0. The van der Waals surface area contributed by atoms with Gasteiger partial charge in [0.05, 0.1) is 17.2 Å². The van der Waals surface area contributed by atoms with E-state index in [0.717, 1.165) is 10.5 Å². The third-order valence-corrected chi connectivity index (χ3v) is 4.53. The highest BCUT2D eigenvalue weighted by atomic mass is 35.5. The van der Waals surface area contributed by atoms with Gasteiger partial charge in [0.1, 0.15) is 6.54 Å². The number of amides is 3. The molecule has 0 saturated carbocycles. The Labute approximate surface area is 166 Å². The van der Waals surface area contributed by atoms with Crippen molar-refractivity contribution in [3.63, 3.8) is 0 Å². The number of hydrogen-bond donors (Lipinski definition) is 1. The summed E-state index contributed by atoms with van der Waals surface area (Å²) in [4.78, 5) is 49.2. The average molecular weight is 401 g/mol. The van der Waals surface area contributed by atoms with Gasteiger partial charge < -0.3 is 10.1 Å². The van der Waals surface area contributed by atoms with E-state index in [2.05, 4.69) is 5.32 Å². The minimum Gasteiger partial charge on any atom is -0.454 e. The van der Waals surface area contributed by atoms with Crippen LogP contribution in [0.3, 0.4) is 0 Å². The summed E-state index contributed by atoms with van der Waals surface area (Å²) < 4.78 is 4.90. The number of esters is 1. The lowest BCUT2D eigenvalue weighted by Crippen LogP contribution is -2.37. The number of halogens is 1. The first-order valence-electron chi connectivity index (χ1n) is 8.52. The molecule has 3 rings (SSSR count). The van der Waals surface area contributed by atoms with E-state index in [9.17, 15) is 19.2 Å². The van der Waals surface area contributed by atoms with Crippen LogP contribution >= 0.6 is 11.6 Å². The molecule has 0 saturated heterocycles. The van der Waals surface area contributed by atoms with Crippen molar-refractivity contribution in [1.29, 1.82) is 0 Å². The fourth-order valence-electron chi connectivity index (χ4n) is 2.82. The molecule has 0 bridgehead atoms. The zero-order valence-corrected chi connectivity index (χ0v) is 15.7. The number of nitrogens with zero attached hydrogens (tertiary/aromatic N) is 1. The molecule has 144 valence electrons. The Morgan fingerprint density at radius 3 is 2.18 bits per heavy atom. The second-order valence-corrected chi connectivity index (χ2v) is 6.68. The molecule has 1 aliphatic rings. The lowest BCUT2D eigenvalue weighted by atomic mass is 10.1. The number of fused-ring (bicyclic) bond motifs is 1.